The molecule has 0 saturated carbocycles. The largest absolute Gasteiger partial charge is 0.462 e. The molecule has 1 N–H and O–H groups in total. The number of carbonyl (C=O) groups is 2. The van der Waals surface area contributed by atoms with E-state index in [-0.39, 0.29) is 6.61 Å². The Morgan fingerprint density at radius 3 is 2.57 bits per heavy atom. The molecule has 0 bridgehead atoms. The van der Waals surface area contributed by atoms with Crippen LogP contribution in [0.5, 0.6) is 0 Å². The topological polar surface area (TPSA) is 64.6 Å². The van der Waals surface area contributed by atoms with Crippen LogP contribution < -0.4 is 5.32 Å². The molecule has 0 saturated heterocycles. The van der Waals surface area contributed by atoms with Gasteiger partial charge in [-0.25, -0.2) is 9.59 Å². The van der Waals surface area contributed by atoms with E-state index >= 15 is 0 Å². The predicted octanol–water partition coefficient (Wildman–Crippen LogP) is 3.63. The highest BCUT2D eigenvalue weighted by Crippen LogP contribution is 2.20. The minimum atomic E-state index is -0.547. The number of ether oxygens (including phenoxy) is 2. The van der Waals surface area contributed by atoms with Gasteiger partial charge in [0, 0.05) is 0 Å². The fraction of sp³-hybridized carbons (Fsp3) is 0.250. The second-order valence-corrected chi connectivity index (χ2v) is 3.96. The van der Waals surface area contributed by atoms with Gasteiger partial charge >= 0.3 is 12.1 Å². The van der Waals surface area contributed by atoms with Crippen molar-refractivity contribution in [3.05, 3.63) is 48.1 Å². The molecule has 0 atom stereocenters. The smallest absolute Gasteiger partial charge is 0.411 e. The number of hydrogen-bond acceptors (Lipinski definition) is 4. The zero-order chi connectivity index (χ0) is 15.7. The molecule has 0 radical (unpaired) electrons. The summed E-state index contributed by atoms with van der Waals surface area (Å²) in [5.41, 5.74) is 1.61. The molecular formula is C16H19NO4. The average Bonchev–Trinajstić information content (AvgIpc) is 2.46. The van der Waals surface area contributed by atoms with Gasteiger partial charge in [-0.05, 0) is 37.6 Å². The van der Waals surface area contributed by atoms with Crippen LogP contribution in [0.4, 0.5) is 10.5 Å². The first kappa shape index (κ1) is 16.5. The Bertz CT molecular complexity index is 549. The van der Waals surface area contributed by atoms with E-state index in [1.807, 2.05) is 0 Å². The average molecular weight is 289 g/mol. The van der Waals surface area contributed by atoms with Gasteiger partial charge in [-0.2, -0.15) is 0 Å². The summed E-state index contributed by atoms with van der Waals surface area (Å²) >= 11 is 0. The summed E-state index contributed by atoms with van der Waals surface area (Å²) in [6, 6.07) is 4.86. The van der Waals surface area contributed by atoms with Crippen molar-refractivity contribution in [3.63, 3.8) is 0 Å². The molecule has 5 nitrogen and oxygen atoms in total. The molecule has 112 valence electrons. The number of esters is 1. The summed E-state index contributed by atoms with van der Waals surface area (Å²) in [5, 5.41) is 2.62. The highest BCUT2D eigenvalue weighted by Gasteiger charge is 2.11. The van der Waals surface area contributed by atoms with Gasteiger partial charge in [-0.3, -0.25) is 5.32 Å². The summed E-state index contributed by atoms with van der Waals surface area (Å²) in [6.45, 7) is 7.65. The fourth-order valence-electron chi connectivity index (χ4n) is 1.60. The molecule has 0 aromatic heterocycles. The minimum absolute atomic E-state index is 0.282. The number of carbonyl (C=O) groups excluding carboxylic acids is 2. The number of benzene rings is 1. The summed E-state index contributed by atoms with van der Waals surface area (Å²) in [6.07, 6.45) is 4.50. The van der Waals surface area contributed by atoms with Crippen LogP contribution in [0.1, 0.15) is 29.8 Å². The summed E-state index contributed by atoms with van der Waals surface area (Å²) in [5.74, 6) is -0.409. The number of allylic oxidation sites excluding steroid dienone is 2. The molecule has 0 spiro atoms. The number of amides is 1. The maximum atomic E-state index is 11.7. The van der Waals surface area contributed by atoms with Crippen LogP contribution in [0.2, 0.25) is 0 Å². The molecule has 0 aliphatic carbocycles. The van der Waals surface area contributed by atoms with E-state index in [0.29, 0.717) is 23.4 Å². The fourth-order valence-corrected chi connectivity index (χ4v) is 1.60. The monoisotopic (exact) mass is 289 g/mol. The molecule has 1 rings (SSSR count). The molecule has 0 fully saturated rings. The van der Waals surface area contributed by atoms with Crippen molar-refractivity contribution in [1.29, 1.82) is 0 Å². The van der Waals surface area contributed by atoms with Crippen molar-refractivity contribution in [1.82, 2.24) is 0 Å². The highest BCUT2D eigenvalue weighted by atomic mass is 16.5. The van der Waals surface area contributed by atoms with Crippen LogP contribution in [0.25, 0.3) is 6.08 Å². The van der Waals surface area contributed by atoms with Crippen LogP contribution in [0.15, 0.2) is 36.9 Å². The van der Waals surface area contributed by atoms with Crippen molar-refractivity contribution in [3.8, 4) is 0 Å². The van der Waals surface area contributed by atoms with Crippen LogP contribution >= 0.6 is 0 Å². The van der Waals surface area contributed by atoms with Crippen molar-refractivity contribution in [2.45, 2.75) is 13.8 Å². The zero-order valence-corrected chi connectivity index (χ0v) is 12.2. The maximum Gasteiger partial charge on any atom is 0.411 e. The standard InChI is InChI=1S/C16H19NO4/c1-4-7-8-12-11-13(15(18)20-5-2)9-10-14(12)17-16(19)21-6-3/h4,7-11H,1,5-6H2,2-3H3,(H,17,19)/b8-7-. The Balaban J connectivity index is 3.07. The van der Waals surface area contributed by atoms with Crippen molar-refractivity contribution in [2.24, 2.45) is 0 Å². The lowest BCUT2D eigenvalue weighted by atomic mass is 10.1. The van der Waals surface area contributed by atoms with Gasteiger partial charge < -0.3 is 9.47 Å². The minimum Gasteiger partial charge on any atom is -0.462 e. The van der Waals surface area contributed by atoms with E-state index in [1.165, 1.54) is 0 Å². The second-order valence-electron chi connectivity index (χ2n) is 3.96. The number of nitrogens with one attached hydrogen (secondary N) is 1. The highest BCUT2D eigenvalue weighted by molar-refractivity contribution is 5.93. The maximum absolute atomic E-state index is 11.7. The summed E-state index contributed by atoms with van der Waals surface area (Å²) < 4.78 is 9.79. The van der Waals surface area contributed by atoms with E-state index in [1.54, 1.807) is 50.3 Å². The quantitative estimate of drug-likeness (QED) is 0.641. The van der Waals surface area contributed by atoms with Crippen molar-refractivity contribution < 1.29 is 19.1 Å². The Morgan fingerprint density at radius 2 is 1.95 bits per heavy atom. The van der Waals surface area contributed by atoms with Crippen molar-refractivity contribution >= 4 is 23.8 Å². The molecular weight excluding hydrogens is 270 g/mol. The van der Waals surface area contributed by atoms with Crippen molar-refractivity contribution in [2.75, 3.05) is 18.5 Å². The third-order valence-corrected chi connectivity index (χ3v) is 2.49. The number of hydrogen-bond donors (Lipinski definition) is 1. The first-order chi connectivity index (χ1) is 10.1. The molecule has 0 aliphatic heterocycles. The lowest BCUT2D eigenvalue weighted by Gasteiger charge is -2.10. The number of rotatable bonds is 6. The van der Waals surface area contributed by atoms with Gasteiger partial charge in [0.25, 0.3) is 0 Å². The van der Waals surface area contributed by atoms with Gasteiger partial charge in [0.2, 0.25) is 0 Å². The normalized spacial score (nSPS) is 10.2. The summed E-state index contributed by atoms with van der Waals surface area (Å²) in [7, 11) is 0. The molecule has 5 heteroatoms. The van der Waals surface area contributed by atoms with Gasteiger partial charge in [0.15, 0.2) is 0 Å². The zero-order valence-electron chi connectivity index (χ0n) is 12.2. The lowest BCUT2D eigenvalue weighted by Crippen LogP contribution is -2.14. The van der Waals surface area contributed by atoms with E-state index < -0.39 is 12.1 Å². The molecule has 0 aliphatic rings. The Hall–Kier alpha value is -2.56. The van der Waals surface area contributed by atoms with E-state index in [4.69, 9.17) is 9.47 Å². The van der Waals surface area contributed by atoms with E-state index in [2.05, 4.69) is 11.9 Å². The SMILES string of the molecule is C=C/C=C\c1cc(C(=O)OCC)ccc1NC(=O)OCC. The third-order valence-electron chi connectivity index (χ3n) is 2.49. The van der Waals surface area contributed by atoms with Crippen LogP contribution in [0.3, 0.4) is 0 Å². The Labute approximate surface area is 124 Å². The first-order valence-electron chi connectivity index (χ1n) is 6.66. The lowest BCUT2D eigenvalue weighted by molar-refractivity contribution is 0.0526. The molecule has 0 unspecified atom stereocenters. The van der Waals surface area contributed by atoms with Crippen LogP contribution in [0, 0.1) is 0 Å². The Kier molecular flexibility index (Phi) is 6.74. The predicted molar refractivity (Wildman–Crippen MR) is 82.3 cm³/mol. The summed E-state index contributed by atoms with van der Waals surface area (Å²) in [4.78, 5) is 23.2. The molecule has 21 heavy (non-hydrogen) atoms. The van der Waals surface area contributed by atoms with Gasteiger partial charge in [-0.15, -0.1) is 0 Å². The van der Waals surface area contributed by atoms with E-state index in [0.717, 1.165) is 0 Å². The third kappa shape index (κ3) is 5.14. The van der Waals surface area contributed by atoms with Gasteiger partial charge in [0.05, 0.1) is 24.5 Å². The Morgan fingerprint density at radius 1 is 1.24 bits per heavy atom. The molecule has 1 amide bonds. The van der Waals surface area contributed by atoms with Crippen LogP contribution in [-0.4, -0.2) is 25.3 Å². The number of anilines is 1. The van der Waals surface area contributed by atoms with E-state index in [9.17, 15) is 9.59 Å². The molecule has 1 aromatic rings. The van der Waals surface area contributed by atoms with Gasteiger partial charge in [0.1, 0.15) is 0 Å². The molecule has 0 heterocycles. The first-order valence-corrected chi connectivity index (χ1v) is 6.66. The van der Waals surface area contributed by atoms with Gasteiger partial charge in [-0.1, -0.05) is 24.8 Å². The van der Waals surface area contributed by atoms with Crippen LogP contribution in [-0.2, 0) is 9.47 Å². The molecule has 1 aromatic carbocycles. The second kappa shape index (κ2) is 8.58.